The average Bonchev–Trinajstić information content (AvgIpc) is 2.55. The number of hydrogen-bond donors (Lipinski definition) is 1. The van der Waals surface area contributed by atoms with Gasteiger partial charge in [-0.05, 0) is 12.0 Å². The number of rotatable bonds is 3. The highest BCUT2D eigenvalue weighted by atomic mass is 16.2. The summed E-state index contributed by atoms with van der Waals surface area (Å²) in [5, 5.41) is 0. The van der Waals surface area contributed by atoms with E-state index in [0.717, 1.165) is 16.8 Å². The lowest BCUT2D eigenvalue weighted by molar-refractivity contribution is 0.0839. The molecule has 0 saturated carbocycles. The molecule has 2 rings (SSSR count). The Labute approximate surface area is 102 Å². The zero-order chi connectivity index (χ0) is 12.6. The van der Waals surface area contributed by atoms with Crippen molar-refractivity contribution in [3.05, 3.63) is 42.0 Å². The van der Waals surface area contributed by atoms with Crippen molar-refractivity contribution in [1.29, 1.82) is 0 Å². The van der Waals surface area contributed by atoms with Crippen LogP contribution in [0.2, 0.25) is 0 Å². The number of nitrogens with two attached hydrogens (primary N) is 1. The van der Waals surface area contributed by atoms with Crippen LogP contribution >= 0.6 is 0 Å². The molecule has 0 radical (unpaired) electrons. The third-order valence-electron chi connectivity index (χ3n) is 3.29. The first-order valence-electron chi connectivity index (χ1n) is 5.88. The molecule has 0 aliphatic carbocycles. The predicted octanol–water partition coefficient (Wildman–Crippen LogP) is 2.10. The molecule has 3 nitrogen and oxygen atoms in total. The Balaban J connectivity index is 2.25. The molecule has 1 unspecified atom stereocenters. The Kier molecular flexibility index (Phi) is 3.03. The standard InChI is InChI=1S/C14H18N2O/c1-9(2)13(15)8-16-10(3)11-6-4-5-7-12(11)14(16)17/h4-7,9,13H,3,8,15H2,1-2H3. The summed E-state index contributed by atoms with van der Waals surface area (Å²) in [5.74, 6) is 0.362. The Morgan fingerprint density at radius 3 is 2.41 bits per heavy atom. The van der Waals surface area contributed by atoms with Gasteiger partial charge in [-0.15, -0.1) is 0 Å². The lowest BCUT2D eigenvalue weighted by atomic mass is 10.1. The van der Waals surface area contributed by atoms with Gasteiger partial charge in [0.25, 0.3) is 5.91 Å². The third kappa shape index (κ3) is 1.98. The highest BCUT2D eigenvalue weighted by molar-refractivity contribution is 6.08. The molecule has 2 N–H and O–H groups in total. The van der Waals surface area contributed by atoms with Gasteiger partial charge in [-0.1, -0.05) is 38.6 Å². The predicted molar refractivity (Wildman–Crippen MR) is 69.3 cm³/mol. The number of carbonyl (C=O) groups is 1. The lowest BCUT2D eigenvalue weighted by Crippen LogP contribution is -2.40. The van der Waals surface area contributed by atoms with Crippen LogP contribution in [-0.2, 0) is 0 Å². The van der Waals surface area contributed by atoms with E-state index in [0.29, 0.717) is 12.5 Å². The fraction of sp³-hybridized carbons (Fsp3) is 0.357. The second-order valence-corrected chi connectivity index (χ2v) is 4.82. The van der Waals surface area contributed by atoms with Gasteiger partial charge in [0.05, 0.1) is 0 Å². The summed E-state index contributed by atoms with van der Waals surface area (Å²) in [5.41, 5.74) is 8.44. The van der Waals surface area contributed by atoms with Gasteiger partial charge in [-0.25, -0.2) is 0 Å². The van der Waals surface area contributed by atoms with Crippen LogP contribution in [0.1, 0.15) is 29.8 Å². The summed E-state index contributed by atoms with van der Waals surface area (Å²) in [6.45, 7) is 8.63. The molecule has 1 heterocycles. The largest absolute Gasteiger partial charge is 0.326 e. The van der Waals surface area contributed by atoms with Crippen molar-refractivity contribution in [2.75, 3.05) is 6.54 Å². The van der Waals surface area contributed by atoms with Crippen LogP contribution in [-0.4, -0.2) is 23.4 Å². The number of nitrogens with zero attached hydrogens (tertiary/aromatic N) is 1. The molecule has 0 spiro atoms. The van der Waals surface area contributed by atoms with Crippen LogP contribution in [0.4, 0.5) is 0 Å². The average molecular weight is 230 g/mol. The molecular weight excluding hydrogens is 212 g/mol. The maximum absolute atomic E-state index is 12.2. The van der Waals surface area contributed by atoms with E-state index < -0.39 is 0 Å². The second-order valence-electron chi connectivity index (χ2n) is 4.82. The first-order valence-corrected chi connectivity index (χ1v) is 5.88. The van der Waals surface area contributed by atoms with Gasteiger partial charge >= 0.3 is 0 Å². The smallest absolute Gasteiger partial charge is 0.259 e. The van der Waals surface area contributed by atoms with Crippen LogP contribution in [0.5, 0.6) is 0 Å². The topological polar surface area (TPSA) is 46.3 Å². The molecule has 0 fully saturated rings. The van der Waals surface area contributed by atoms with Gasteiger partial charge in [0.15, 0.2) is 0 Å². The number of benzene rings is 1. The molecule has 1 aromatic carbocycles. The van der Waals surface area contributed by atoms with Crippen LogP contribution in [0, 0.1) is 5.92 Å². The molecule has 1 aliphatic rings. The minimum absolute atomic E-state index is 0.0155. The summed E-state index contributed by atoms with van der Waals surface area (Å²) in [6, 6.07) is 7.53. The zero-order valence-electron chi connectivity index (χ0n) is 10.3. The molecule has 0 bridgehead atoms. The van der Waals surface area contributed by atoms with Crippen molar-refractivity contribution in [2.24, 2.45) is 11.7 Å². The summed E-state index contributed by atoms with van der Waals surface area (Å²) >= 11 is 0. The zero-order valence-corrected chi connectivity index (χ0v) is 10.3. The van der Waals surface area contributed by atoms with E-state index >= 15 is 0 Å². The maximum atomic E-state index is 12.2. The number of amides is 1. The molecule has 17 heavy (non-hydrogen) atoms. The van der Waals surface area contributed by atoms with Gasteiger partial charge in [0, 0.05) is 29.4 Å². The van der Waals surface area contributed by atoms with E-state index in [2.05, 4.69) is 20.4 Å². The fourth-order valence-electron chi connectivity index (χ4n) is 1.95. The van der Waals surface area contributed by atoms with Crippen molar-refractivity contribution in [3.63, 3.8) is 0 Å². The SMILES string of the molecule is C=C1c2ccccc2C(=O)N1CC(N)C(C)C. The maximum Gasteiger partial charge on any atom is 0.259 e. The Hall–Kier alpha value is -1.61. The minimum Gasteiger partial charge on any atom is -0.326 e. The molecular formula is C14H18N2O. The Bertz CT molecular complexity index is 430. The fourth-order valence-corrected chi connectivity index (χ4v) is 1.95. The summed E-state index contributed by atoms with van der Waals surface area (Å²) in [4.78, 5) is 13.9. The van der Waals surface area contributed by atoms with Crippen molar-refractivity contribution in [3.8, 4) is 0 Å². The van der Waals surface area contributed by atoms with E-state index in [1.165, 1.54) is 0 Å². The molecule has 1 atom stereocenters. The number of carbonyl (C=O) groups excluding carboxylic acids is 1. The third-order valence-corrected chi connectivity index (χ3v) is 3.29. The van der Waals surface area contributed by atoms with E-state index in [9.17, 15) is 4.79 Å². The number of hydrogen-bond acceptors (Lipinski definition) is 2. The van der Waals surface area contributed by atoms with E-state index in [1.54, 1.807) is 4.90 Å². The lowest BCUT2D eigenvalue weighted by Gasteiger charge is -2.24. The van der Waals surface area contributed by atoms with Crippen molar-refractivity contribution in [1.82, 2.24) is 4.90 Å². The van der Waals surface area contributed by atoms with Crippen LogP contribution in [0.15, 0.2) is 30.8 Å². The molecule has 0 aromatic heterocycles. The molecule has 0 saturated heterocycles. The molecule has 1 aliphatic heterocycles. The summed E-state index contributed by atoms with van der Waals surface area (Å²) in [6.07, 6.45) is 0. The first-order chi connectivity index (χ1) is 8.02. The van der Waals surface area contributed by atoms with Crippen LogP contribution in [0.3, 0.4) is 0 Å². The Morgan fingerprint density at radius 2 is 1.88 bits per heavy atom. The van der Waals surface area contributed by atoms with E-state index in [-0.39, 0.29) is 11.9 Å². The van der Waals surface area contributed by atoms with Crippen molar-refractivity contribution < 1.29 is 4.79 Å². The van der Waals surface area contributed by atoms with E-state index in [4.69, 9.17) is 5.73 Å². The van der Waals surface area contributed by atoms with Crippen molar-refractivity contribution >= 4 is 11.6 Å². The quantitative estimate of drug-likeness (QED) is 0.864. The Morgan fingerprint density at radius 1 is 1.29 bits per heavy atom. The van der Waals surface area contributed by atoms with Crippen molar-refractivity contribution in [2.45, 2.75) is 19.9 Å². The van der Waals surface area contributed by atoms with Gasteiger partial charge < -0.3 is 10.6 Å². The highest BCUT2D eigenvalue weighted by Crippen LogP contribution is 2.31. The van der Waals surface area contributed by atoms with Gasteiger partial charge in [-0.2, -0.15) is 0 Å². The molecule has 1 aromatic rings. The first kappa shape index (κ1) is 11.9. The molecule has 1 amide bonds. The molecule has 3 heteroatoms. The van der Waals surface area contributed by atoms with Gasteiger partial charge in [0.1, 0.15) is 0 Å². The second kappa shape index (κ2) is 4.34. The molecule has 90 valence electrons. The number of fused-ring (bicyclic) bond motifs is 1. The summed E-state index contributed by atoms with van der Waals surface area (Å²) in [7, 11) is 0. The normalized spacial score (nSPS) is 16.6. The van der Waals surface area contributed by atoms with E-state index in [1.807, 2.05) is 24.3 Å². The monoisotopic (exact) mass is 230 g/mol. The minimum atomic E-state index is -0.0231. The highest BCUT2D eigenvalue weighted by Gasteiger charge is 2.31. The van der Waals surface area contributed by atoms with Gasteiger partial charge in [0.2, 0.25) is 0 Å². The van der Waals surface area contributed by atoms with Crippen LogP contribution in [0.25, 0.3) is 5.70 Å². The van der Waals surface area contributed by atoms with Crippen LogP contribution < -0.4 is 5.73 Å². The van der Waals surface area contributed by atoms with Gasteiger partial charge in [-0.3, -0.25) is 4.79 Å². The summed E-state index contributed by atoms with van der Waals surface area (Å²) < 4.78 is 0.